The van der Waals surface area contributed by atoms with Crippen molar-refractivity contribution in [2.24, 2.45) is 11.8 Å². The third-order valence-electron chi connectivity index (χ3n) is 6.51. The quantitative estimate of drug-likeness (QED) is 0.737. The number of likely N-dealkylation sites (tertiary alicyclic amines) is 1. The minimum absolute atomic E-state index is 0.0476. The van der Waals surface area contributed by atoms with Gasteiger partial charge in [-0.25, -0.2) is 0 Å². The molecule has 8 nitrogen and oxygen atoms in total. The molecular weight excluding hydrogens is 398 g/mol. The fraction of sp³-hybridized carbons (Fsp3) is 0.348. The van der Waals surface area contributed by atoms with Crippen molar-refractivity contribution in [3.63, 3.8) is 0 Å². The minimum atomic E-state index is -0.725. The molecule has 2 bridgehead atoms. The van der Waals surface area contributed by atoms with Gasteiger partial charge < -0.3 is 24.4 Å². The molecule has 4 aliphatic heterocycles. The highest BCUT2D eigenvalue weighted by molar-refractivity contribution is 5.93. The molecule has 31 heavy (non-hydrogen) atoms. The number of ether oxygens (including phenoxy) is 3. The van der Waals surface area contributed by atoms with Crippen LogP contribution in [0.1, 0.15) is 11.1 Å². The number of pyridine rings is 1. The lowest BCUT2D eigenvalue weighted by Crippen LogP contribution is -2.43. The third-order valence-corrected chi connectivity index (χ3v) is 6.51. The van der Waals surface area contributed by atoms with Gasteiger partial charge in [-0.15, -0.1) is 0 Å². The molecule has 0 saturated carbocycles. The summed E-state index contributed by atoms with van der Waals surface area (Å²) in [5.74, 6) is 0.163. The van der Waals surface area contributed by atoms with E-state index < -0.39 is 17.4 Å². The Hall–Kier alpha value is -3.39. The van der Waals surface area contributed by atoms with Crippen LogP contribution in [0.4, 0.5) is 0 Å². The predicted molar refractivity (Wildman–Crippen MR) is 108 cm³/mol. The largest absolute Gasteiger partial charge is 0.454 e. The molecule has 8 heteroatoms. The van der Waals surface area contributed by atoms with Crippen molar-refractivity contribution >= 4 is 11.8 Å². The van der Waals surface area contributed by atoms with Gasteiger partial charge in [0.1, 0.15) is 5.60 Å². The molecule has 0 radical (unpaired) electrons. The number of carbonyl (C=O) groups excluding carboxylic acids is 2. The molecule has 5 heterocycles. The number of hydrogen-bond donors (Lipinski definition) is 1. The van der Waals surface area contributed by atoms with Crippen LogP contribution in [0, 0.1) is 11.8 Å². The van der Waals surface area contributed by atoms with Crippen molar-refractivity contribution in [1.29, 1.82) is 0 Å². The molecule has 158 valence electrons. The minimum Gasteiger partial charge on any atom is -0.454 e. The number of aromatic nitrogens is 1. The van der Waals surface area contributed by atoms with Gasteiger partial charge in [0.15, 0.2) is 11.5 Å². The van der Waals surface area contributed by atoms with Gasteiger partial charge in [0, 0.05) is 25.5 Å². The Morgan fingerprint density at radius 3 is 2.87 bits per heavy atom. The Labute approximate surface area is 178 Å². The van der Waals surface area contributed by atoms with Crippen LogP contribution in [-0.2, 0) is 27.4 Å². The molecule has 6 rings (SSSR count). The monoisotopic (exact) mass is 419 g/mol. The second-order valence-electron chi connectivity index (χ2n) is 8.36. The molecule has 4 aliphatic rings. The Morgan fingerprint density at radius 2 is 2.00 bits per heavy atom. The summed E-state index contributed by atoms with van der Waals surface area (Å²) in [4.78, 5) is 32.2. The van der Waals surface area contributed by atoms with Gasteiger partial charge in [0.25, 0.3) is 0 Å². The van der Waals surface area contributed by atoms with Crippen molar-refractivity contribution in [2.45, 2.75) is 24.8 Å². The van der Waals surface area contributed by atoms with E-state index in [1.807, 2.05) is 42.5 Å². The molecule has 4 atom stereocenters. The Balaban J connectivity index is 1.19. The zero-order valence-corrected chi connectivity index (χ0v) is 16.7. The summed E-state index contributed by atoms with van der Waals surface area (Å²) in [5, 5.41) is 2.97. The number of nitrogens with zero attached hydrogens (tertiary/aromatic N) is 2. The van der Waals surface area contributed by atoms with Crippen molar-refractivity contribution < 1.29 is 23.8 Å². The summed E-state index contributed by atoms with van der Waals surface area (Å²) in [6.45, 7) is 1.47. The van der Waals surface area contributed by atoms with Crippen LogP contribution in [-0.4, -0.2) is 46.7 Å². The van der Waals surface area contributed by atoms with Crippen LogP contribution in [0.2, 0.25) is 0 Å². The van der Waals surface area contributed by atoms with E-state index >= 15 is 0 Å². The number of fused-ring (bicyclic) bond motifs is 2. The topological polar surface area (TPSA) is 90.0 Å². The predicted octanol–water partition coefficient (Wildman–Crippen LogP) is 1.41. The van der Waals surface area contributed by atoms with Crippen LogP contribution in [0.5, 0.6) is 11.5 Å². The van der Waals surface area contributed by atoms with E-state index in [0.29, 0.717) is 31.1 Å². The summed E-state index contributed by atoms with van der Waals surface area (Å²) >= 11 is 0. The van der Waals surface area contributed by atoms with Crippen molar-refractivity contribution in [3.05, 3.63) is 66.0 Å². The van der Waals surface area contributed by atoms with Crippen LogP contribution in [0.15, 0.2) is 54.9 Å². The molecule has 2 aromatic rings. The lowest BCUT2D eigenvalue weighted by atomic mass is 9.77. The average Bonchev–Trinajstić information content (AvgIpc) is 3.54. The van der Waals surface area contributed by atoms with Gasteiger partial charge in [-0.2, -0.15) is 0 Å². The maximum atomic E-state index is 13.4. The van der Waals surface area contributed by atoms with Gasteiger partial charge in [-0.3, -0.25) is 14.6 Å². The smallest absolute Gasteiger partial charge is 0.231 e. The molecular formula is C23H21N3O5. The second-order valence-corrected chi connectivity index (χ2v) is 8.36. The summed E-state index contributed by atoms with van der Waals surface area (Å²) in [5.41, 5.74) is 1.18. The van der Waals surface area contributed by atoms with Gasteiger partial charge in [-0.05, 0) is 35.4 Å². The summed E-state index contributed by atoms with van der Waals surface area (Å²) < 4.78 is 17.0. The van der Waals surface area contributed by atoms with E-state index in [-0.39, 0.29) is 24.7 Å². The Morgan fingerprint density at radius 1 is 1.16 bits per heavy atom. The van der Waals surface area contributed by atoms with Crippen molar-refractivity contribution in [1.82, 2.24) is 15.2 Å². The van der Waals surface area contributed by atoms with Crippen LogP contribution in [0.25, 0.3) is 0 Å². The second kappa shape index (κ2) is 6.81. The first-order valence-corrected chi connectivity index (χ1v) is 10.3. The standard InChI is InChI=1S/C23H21N3O5/c27-21(25-10-14-4-7-24-8-5-14)19-17-3-6-23(31-17)12-26(22(28)20(19)23)11-15-1-2-16-18(9-15)30-13-29-16/h1-9,17,19-20H,10-13H2,(H,25,27)/t17-,19+,20+,23-/m1/s1. The van der Waals surface area contributed by atoms with Crippen molar-refractivity contribution in [3.8, 4) is 11.5 Å². The summed E-state index contributed by atoms with van der Waals surface area (Å²) in [6, 6.07) is 9.39. The van der Waals surface area contributed by atoms with Crippen molar-refractivity contribution in [2.75, 3.05) is 13.3 Å². The van der Waals surface area contributed by atoms with Gasteiger partial charge >= 0.3 is 0 Å². The number of benzene rings is 1. The molecule has 2 amide bonds. The molecule has 1 spiro atoms. The fourth-order valence-electron chi connectivity index (χ4n) is 5.08. The number of amides is 2. The SMILES string of the molecule is O=C(NCc1ccncc1)[C@@H]1[C@H]2C(=O)N(Cc3ccc4c(c3)OCO4)C[C@]23C=C[C@H]1O3. The van der Waals surface area contributed by atoms with E-state index in [2.05, 4.69) is 10.3 Å². The van der Waals surface area contributed by atoms with E-state index in [0.717, 1.165) is 11.1 Å². The zero-order valence-electron chi connectivity index (χ0n) is 16.7. The van der Waals surface area contributed by atoms with E-state index in [1.165, 1.54) is 0 Å². The van der Waals surface area contributed by atoms with Gasteiger partial charge in [0.2, 0.25) is 18.6 Å². The third kappa shape index (κ3) is 2.90. The van der Waals surface area contributed by atoms with Crippen LogP contribution in [0.3, 0.4) is 0 Å². The highest BCUT2D eigenvalue weighted by atomic mass is 16.7. The lowest BCUT2D eigenvalue weighted by Gasteiger charge is -2.23. The lowest BCUT2D eigenvalue weighted by molar-refractivity contribution is -0.137. The van der Waals surface area contributed by atoms with E-state index in [4.69, 9.17) is 14.2 Å². The van der Waals surface area contributed by atoms with Gasteiger partial charge in [-0.1, -0.05) is 18.2 Å². The first-order chi connectivity index (χ1) is 15.1. The number of rotatable bonds is 5. The van der Waals surface area contributed by atoms with Gasteiger partial charge in [0.05, 0.1) is 24.5 Å². The number of carbonyl (C=O) groups is 2. The highest BCUT2D eigenvalue weighted by Gasteiger charge is 2.66. The maximum Gasteiger partial charge on any atom is 0.231 e. The summed E-state index contributed by atoms with van der Waals surface area (Å²) in [7, 11) is 0. The number of nitrogens with one attached hydrogen (secondary N) is 1. The van der Waals surface area contributed by atoms with E-state index in [1.54, 1.807) is 17.3 Å². The van der Waals surface area contributed by atoms with Crippen LogP contribution < -0.4 is 14.8 Å². The molecule has 0 unspecified atom stereocenters. The maximum absolute atomic E-state index is 13.4. The molecule has 2 fully saturated rings. The molecule has 0 aliphatic carbocycles. The molecule has 1 N–H and O–H groups in total. The molecule has 1 aromatic carbocycles. The fourth-order valence-corrected chi connectivity index (χ4v) is 5.08. The van der Waals surface area contributed by atoms with E-state index in [9.17, 15) is 9.59 Å². The normalized spacial score (nSPS) is 29.5. The average molecular weight is 419 g/mol. The summed E-state index contributed by atoms with van der Waals surface area (Å²) in [6.07, 6.45) is 6.90. The first-order valence-electron chi connectivity index (χ1n) is 10.3. The Kier molecular flexibility index (Phi) is 4.04. The molecule has 1 aromatic heterocycles. The Bertz CT molecular complexity index is 1090. The zero-order chi connectivity index (χ0) is 21.0. The number of hydrogen-bond acceptors (Lipinski definition) is 6. The highest BCUT2D eigenvalue weighted by Crippen LogP contribution is 2.52. The first kappa shape index (κ1) is 18.4. The molecule has 2 saturated heterocycles. The van der Waals surface area contributed by atoms with Crippen LogP contribution >= 0.6 is 0 Å².